The largest absolute Gasteiger partial charge is 0.390 e. The molecule has 0 unspecified atom stereocenters. The Bertz CT molecular complexity index is 353. The number of piperazine rings is 1. The average molecular weight is 265 g/mol. The van der Waals surface area contributed by atoms with E-state index in [9.17, 15) is 4.79 Å². The fraction of sp³-hybridized carbons (Fsp3) is 0.692. The fourth-order valence-corrected chi connectivity index (χ4v) is 1.85. The van der Waals surface area contributed by atoms with E-state index in [4.69, 9.17) is 5.26 Å². The Morgan fingerprint density at radius 2 is 2.16 bits per heavy atom. The molecule has 106 valence electrons. The molecule has 0 spiro atoms. The number of rotatable bonds is 6. The summed E-state index contributed by atoms with van der Waals surface area (Å²) in [5.74, 6) is -0.177. The predicted molar refractivity (Wildman–Crippen MR) is 74.3 cm³/mol. The topological polar surface area (TPSA) is 71.4 Å². The minimum Gasteiger partial charge on any atom is -0.390 e. The van der Waals surface area contributed by atoms with E-state index in [0.29, 0.717) is 13.1 Å². The molecule has 0 aliphatic carbocycles. The predicted octanol–water partition coefficient (Wildman–Crippen LogP) is -0.633. The highest BCUT2D eigenvalue weighted by molar-refractivity contribution is 5.97. The van der Waals surface area contributed by atoms with E-state index in [2.05, 4.69) is 15.5 Å². The Kier molecular flexibility index (Phi) is 6.93. The second kappa shape index (κ2) is 8.51. The summed E-state index contributed by atoms with van der Waals surface area (Å²) in [7, 11) is 4.04. The van der Waals surface area contributed by atoms with Crippen LogP contribution in [0.25, 0.3) is 0 Å². The van der Waals surface area contributed by atoms with Crippen molar-refractivity contribution in [2.45, 2.75) is 6.42 Å². The molecule has 1 amide bonds. The SMILES string of the molecule is CN(C)CCCN/C=C(/C#N)C(=O)N1CCNCC1. The molecule has 1 heterocycles. The van der Waals surface area contributed by atoms with Crippen molar-refractivity contribution in [1.82, 2.24) is 20.4 Å². The quantitative estimate of drug-likeness (QED) is 0.380. The van der Waals surface area contributed by atoms with Gasteiger partial charge in [0.25, 0.3) is 5.91 Å². The van der Waals surface area contributed by atoms with E-state index in [-0.39, 0.29) is 11.5 Å². The zero-order chi connectivity index (χ0) is 14.1. The third-order valence-corrected chi connectivity index (χ3v) is 2.93. The molecule has 1 aliphatic rings. The maximum absolute atomic E-state index is 12.1. The van der Waals surface area contributed by atoms with E-state index in [1.165, 1.54) is 0 Å². The standard InChI is InChI=1S/C13H23N5O/c1-17(2)7-3-4-16-11-12(10-14)13(19)18-8-5-15-6-9-18/h11,15-16H,3-9H2,1-2H3/b12-11-. The number of amides is 1. The first-order valence-corrected chi connectivity index (χ1v) is 6.63. The Hall–Kier alpha value is -1.58. The highest BCUT2D eigenvalue weighted by Crippen LogP contribution is 2.01. The molecular weight excluding hydrogens is 242 g/mol. The maximum atomic E-state index is 12.1. The van der Waals surface area contributed by atoms with Crippen molar-refractivity contribution in [3.05, 3.63) is 11.8 Å². The second-order valence-corrected chi connectivity index (χ2v) is 4.82. The fourth-order valence-electron chi connectivity index (χ4n) is 1.85. The number of hydrogen-bond acceptors (Lipinski definition) is 5. The normalized spacial score (nSPS) is 16.3. The monoisotopic (exact) mass is 265 g/mol. The minimum atomic E-state index is -0.177. The number of nitriles is 1. The van der Waals surface area contributed by atoms with Crippen LogP contribution in [0.15, 0.2) is 11.8 Å². The molecule has 0 bridgehead atoms. The van der Waals surface area contributed by atoms with Gasteiger partial charge in [-0.3, -0.25) is 4.79 Å². The van der Waals surface area contributed by atoms with Crippen LogP contribution in [0.3, 0.4) is 0 Å². The van der Waals surface area contributed by atoms with Crippen molar-refractivity contribution in [2.24, 2.45) is 0 Å². The van der Waals surface area contributed by atoms with Gasteiger partial charge in [0.2, 0.25) is 0 Å². The average Bonchev–Trinajstić information content (AvgIpc) is 2.43. The van der Waals surface area contributed by atoms with E-state index < -0.39 is 0 Å². The molecule has 1 fully saturated rings. The molecule has 1 rings (SSSR count). The van der Waals surface area contributed by atoms with Crippen LogP contribution in [0.4, 0.5) is 0 Å². The second-order valence-electron chi connectivity index (χ2n) is 4.82. The van der Waals surface area contributed by atoms with Crippen LogP contribution in [0, 0.1) is 11.3 Å². The van der Waals surface area contributed by atoms with Gasteiger partial charge in [0.05, 0.1) is 0 Å². The third-order valence-electron chi connectivity index (χ3n) is 2.93. The number of nitrogens with one attached hydrogen (secondary N) is 2. The molecule has 0 radical (unpaired) electrons. The van der Waals surface area contributed by atoms with Crippen LogP contribution in [0.2, 0.25) is 0 Å². The molecule has 2 N–H and O–H groups in total. The van der Waals surface area contributed by atoms with E-state index >= 15 is 0 Å². The van der Waals surface area contributed by atoms with Crippen LogP contribution in [0.5, 0.6) is 0 Å². The molecular formula is C13H23N5O. The zero-order valence-corrected chi connectivity index (χ0v) is 11.8. The lowest BCUT2D eigenvalue weighted by Gasteiger charge is -2.27. The summed E-state index contributed by atoms with van der Waals surface area (Å²) < 4.78 is 0. The summed E-state index contributed by atoms with van der Waals surface area (Å²) in [6, 6.07) is 1.98. The van der Waals surface area contributed by atoms with Crippen LogP contribution in [0.1, 0.15) is 6.42 Å². The van der Waals surface area contributed by atoms with Gasteiger partial charge in [-0.15, -0.1) is 0 Å². The lowest BCUT2D eigenvalue weighted by atomic mass is 10.2. The van der Waals surface area contributed by atoms with E-state index in [1.54, 1.807) is 11.1 Å². The summed E-state index contributed by atoms with van der Waals surface area (Å²) in [6.07, 6.45) is 2.52. The lowest BCUT2D eigenvalue weighted by molar-refractivity contribution is -0.127. The van der Waals surface area contributed by atoms with Crippen molar-refractivity contribution in [1.29, 1.82) is 5.26 Å². The van der Waals surface area contributed by atoms with Gasteiger partial charge in [-0.1, -0.05) is 0 Å². The molecule has 1 aliphatic heterocycles. The van der Waals surface area contributed by atoms with Crippen LogP contribution >= 0.6 is 0 Å². The molecule has 0 saturated carbocycles. The first-order chi connectivity index (χ1) is 9.15. The highest BCUT2D eigenvalue weighted by Gasteiger charge is 2.19. The van der Waals surface area contributed by atoms with E-state index in [1.807, 2.05) is 20.2 Å². The first kappa shape index (κ1) is 15.5. The third kappa shape index (κ3) is 5.73. The Morgan fingerprint density at radius 1 is 1.47 bits per heavy atom. The van der Waals surface area contributed by atoms with Gasteiger partial charge in [-0.2, -0.15) is 5.26 Å². The Labute approximate surface area is 115 Å². The summed E-state index contributed by atoms with van der Waals surface area (Å²) in [6.45, 7) is 4.66. The van der Waals surface area contributed by atoms with Crippen molar-refractivity contribution in [3.63, 3.8) is 0 Å². The number of hydrogen-bond donors (Lipinski definition) is 2. The van der Waals surface area contributed by atoms with Crippen LogP contribution < -0.4 is 10.6 Å². The summed E-state index contributed by atoms with van der Waals surface area (Å²) in [5.41, 5.74) is 0.187. The van der Waals surface area contributed by atoms with Crippen molar-refractivity contribution >= 4 is 5.91 Å². The van der Waals surface area contributed by atoms with Crippen LogP contribution in [-0.2, 0) is 4.79 Å². The minimum absolute atomic E-state index is 0.177. The molecule has 19 heavy (non-hydrogen) atoms. The van der Waals surface area contributed by atoms with Gasteiger partial charge in [-0.25, -0.2) is 0 Å². The summed E-state index contributed by atoms with van der Waals surface area (Å²) in [4.78, 5) is 15.9. The smallest absolute Gasteiger partial charge is 0.266 e. The molecule has 6 heteroatoms. The molecule has 0 aromatic rings. The first-order valence-electron chi connectivity index (χ1n) is 6.63. The summed E-state index contributed by atoms with van der Waals surface area (Å²) >= 11 is 0. The molecule has 1 saturated heterocycles. The van der Waals surface area contributed by atoms with Crippen molar-refractivity contribution in [3.8, 4) is 6.07 Å². The Balaban J connectivity index is 2.38. The highest BCUT2D eigenvalue weighted by atomic mass is 16.2. The van der Waals surface area contributed by atoms with Gasteiger partial charge in [0.15, 0.2) is 0 Å². The van der Waals surface area contributed by atoms with Crippen molar-refractivity contribution < 1.29 is 4.79 Å². The van der Waals surface area contributed by atoms with Gasteiger partial charge in [0, 0.05) is 38.9 Å². The molecule has 6 nitrogen and oxygen atoms in total. The number of nitrogens with zero attached hydrogens (tertiary/aromatic N) is 3. The number of carbonyl (C=O) groups is 1. The van der Waals surface area contributed by atoms with E-state index in [0.717, 1.165) is 32.6 Å². The molecule has 0 aromatic carbocycles. The summed E-state index contributed by atoms with van der Waals surface area (Å²) in [5, 5.41) is 15.3. The zero-order valence-electron chi connectivity index (χ0n) is 11.8. The maximum Gasteiger partial charge on any atom is 0.266 e. The van der Waals surface area contributed by atoms with Gasteiger partial charge in [0.1, 0.15) is 11.6 Å². The van der Waals surface area contributed by atoms with Crippen LogP contribution in [-0.4, -0.2) is 69.1 Å². The van der Waals surface area contributed by atoms with Crippen molar-refractivity contribution in [2.75, 3.05) is 53.4 Å². The van der Waals surface area contributed by atoms with Gasteiger partial charge >= 0.3 is 0 Å². The Morgan fingerprint density at radius 3 is 2.74 bits per heavy atom. The molecule has 0 atom stereocenters. The van der Waals surface area contributed by atoms with Gasteiger partial charge in [-0.05, 0) is 27.1 Å². The number of carbonyl (C=O) groups excluding carboxylic acids is 1. The van der Waals surface area contributed by atoms with Gasteiger partial charge < -0.3 is 20.4 Å². The molecule has 0 aromatic heterocycles. The lowest BCUT2D eigenvalue weighted by Crippen LogP contribution is -2.46.